The molecule has 0 heterocycles. The van der Waals surface area contributed by atoms with Gasteiger partial charge in [-0.25, -0.2) is 0 Å². The first kappa shape index (κ1) is 19.2. The Kier molecular flexibility index (Phi) is 7.07. The third-order valence-corrected chi connectivity index (χ3v) is 4.20. The maximum absolute atomic E-state index is 10.4. The summed E-state index contributed by atoms with van der Waals surface area (Å²) in [4.78, 5) is 0. The van der Waals surface area contributed by atoms with Gasteiger partial charge in [0, 0.05) is 5.75 Å². The molecular weight excluding hydrogens is 296 g/mol. The van der Waals surface area contributed by atoms with Crippen LogP contribution in [-0.4, -0.2) is 21.1 Å². The summed E-state index contributed by atoms with van der Waals surface area (Å²) < 4.78 is 26.5. The molecule has 1 atom stereocenters. The van der Waals surface area contributed by atoms with Crippen molar-refractivity contribution >= 4 is 11.1 Å². The molecule has 0 aliphatic heterocycles. The van der Waals surface area contributed by atoms with Crippen molar-refractivity contribution in [1.29, 1.82) is 0 Å². The van der Waals surface area contributed by atoms with E-state index >= 15 is 0 Å². The molecule has 1 aromatic rings. The quantitative estimate of drug-likeness (QED) is 0.524. The van der Waals surface area contributed by atoms with Crippen LogP contribution in [0.3, 0.4) is 0 Å². The van der Waals surface area contributed by atoms with E-state index < -0.39 is 11.1 Å². The highest BCUT2D eigenvalue weighted by Crippen LogP contribution is 2.36. The number of benzene rings is 1. The summed E-state index contributed by atoms with van der Waals surface area (Å²) in [7, 11) is 0. The molecule has 0 N–H and O–H groups in total. The van der Waals surface area contributed by atoms with E-state index in [0.717, 1.165) is 18.6 Å². The number of ether oxygens (including phenoxy) is 1. The molecule has 0 spiro atoms. The minimum absolute atomic E-state index is 0.134. The molecule has 4 heteroatoms. The lowest BCUT2D eigenvalue weighted by molar-refractivity contribution is 0.283. The molecular formula is C18H29O3S-. The molecule has 126 valence electrons. The Hall–Kier alpha value is -0.870. The van der Waals surface area contributed by atoms with Crippen LogP contribution in [0.2, 0.25) is 0 Å². The van der Waals surface area contributed by atoms with Crippen molar-refractivity contribution < 1.29 is 13.5 Å². The highest BCUT2D eigenvalue weighted by molar-refractivity contribution is 7.79. The Morgan fingerprint density at radius 2 is 1.64 bits per heavy atom. The van der Waals surface area contributed by atoms with Crippen LogP contribution in [0.25, 0.3) is 0 Å². The summed E-state index contributed by atoms with van der Waals surface area (Å²) in [6, 6.07) is 8.28. The zero-order valence-corrected chi connectivity index (χ0v) is 15.3. The molecule has 1 rings (SSSR count). The monoisotopic (exact) mass is 325 g/mol. The maximum atomic E-state index is 10.4. The third-order valence-electron chi connectivity index (χ3n) is 3.58. The Labute approximate surface area is 137 Å². The zero-order chi connectivity index (χ0) is 16.8. The predicted octanol–water partition coefficient (Wildman–Crippen LogP) is 4.44. The molecule has 0 saturated heterocycles. The molecule has 0 fully saturated rings. The smallest absolute Gasteiger partial charge is 0.119 e. The highest BCUT2D eigenvalue weighted by atomic mass is 32.2. The summed E-state index contributed by atoms with van der Waals surface area (Å²) in [5, 5.41) is 0. The van der Waals surface area contributed by atoms with Crippen molar-refractivity contribution in [2.24, 2.45) is 5.41 Å². The van der Waals surface area contributed by atoms with Gasteiger partial charge in [-0.05, 0) is 47.8 Å². The topological polar surface area (TPSA) is 49.4 Å². The summed E-state index contributed by atoms with van der Waals surface area (Å²) in [6.45, 7) is 11.9. The fourth-order valence-corrected chi connectivity index (χ4v) is 3.38. The third kappa shape index (κ3) is 7.41. The molecule has 0 saturated carbocycles. The van der Waals surface area contributed by atoms with Crippen LogP contribution >= 0.6 is 0 Å². The van der Waals surface area contributed by atoms with E-state index in [4.69, 9.17) is 4.74 Å². The average molecular weight is 325 g/mol. The Bertz CT molecular complexity index is 472. The molecule has 1 aromatic carbocycles. The highest BCUT2D eigenvalue weighted by Gasteiger charge is 2.27. The van der Waals surface area contributed by atoms with E-state index in [1.807, 2.05) is 12.1 Å². The number of hydrogen-bond donors (Lipinski definition) is 0. The molecule has 22 heavy (non-hydrogen) atoms. The largest absolute Gasteiger partial charge is 0.772 e. The van der Waals surface area contributed by atoms with Gasteiger partial charge in [0.2, 0.25) is 0 Å². The fourth-order valence-electron chi connectivity index (χ4n) is 2.94. The first-order valence-corrected chi connectivity index (χ1v) is 9.14. The van der Waals surface area contributed by atoms with Crippen molar-refractivity contribution in [3.8, 4) is 5.75 Å². The van der Waals surface area contributed by atoms with Gasteiger partial charge >= 0.3 is 0 Å². The minimum Gasteiger partial charge on any atom is -0.772 e. The van der Waals surface area contributed by atoms with Gasteiger partial charge in [0.1, 0.15) is 5.75 Å². The molecule has 0 aliphatic rings. The lowest BCUT2D eigenvalue weighted by Gasteiger charge is -2.33. The van der Waals surface area contributed by atoms with Gasteiger partial charge in [-0.2, -0.15) is 0 Å². The number of rotatable bonds is 8. The van der Waals surface area contributed by atoms with Gasteiger partial charge in [-0.15, -0.1) is 0 Å². The second-order valence-corrected chi connectivity index (χ2v) is 8.72. The van der Waals surface area contributed by atoms with E-state index in [-0.39, 0.29) is 11.2 Å². The van der Waals surface area contributed by atoms with E-state index in [2.05, 4.69) is 46.8 Å². The van der Waals surface area contributed by atoms with Gasteiger partial charge in [-0.1, -0.05) is 57.8 Å². The first-order valence-electron chi connectivity index (χ1n) is 7.89. The van der Waals surface area contributed by atoms with E-state index in [9.17, 15) is 8.76 Å². The summed E-state index contributed by atoms with van der Waals surface area (Å²) in [6.07, 6.45) is 2.52. The first-order chi connectivity index (χ1) is 10.1. The standard InChI is InChI=1S/C18H30O3S/c1-17(2,3)14-18(4,5)15-8-10-16(11-9-15)21-12-6-7-13-22(19)20/h8-11H,6-7,12-14H2,1-5H3,(H,19,20)/p-1. The van der Waals surface area contributed by atoms with Crippen molar-refractivity contribution in [2.75, 3.05) is 12.4 Å². The molecule has 0 bridgehead atoms. The van der Waals surface area contributed by atoms with Crippen LogP contribution < -0.4 is 4.74 Å². The van der Waals surface area contributed by atoms with E-state index in [1.54, 1.807) is 0 Å². The fraction of sp³-hybridized carbons (Fsp3) is 0.667. The Morgan fingerprint density at radius 3 is 2.14 bits per heavy atom. The normalized spacial score (nSPS) is 13.9. The summed E-state index contributed by atoms with van der Waals surface area (Å²) in [5.41, 5.74) is 1.74. The molecule has 0 amide bonds. The molecule has 3 nitrogen and oxygen atoms in total. The van der Waals surface area contributed by atoms with Crippen LogP contribution in [0.1, 0.15) is 59.4 Å². The lowest BCUT2D eigenvalue weighted by atomic mass is 9.72. The average Bonchev–Trinajstić information content (AvgIpc) is 2.35. The Balaban J connectivity index is 2.50. The van der Waals surface area contributed by atoms with Gasteiger partial charge < -0.3 is 9.29 Å². The van der Waals surface area contributed by atoms with Crippen LogP contribution in [0.4, 0.5) is 0 Å². The predicted molar refractivity (Wildman–Crippen MR) is 92.1 cm³/mol. The van der Waals surface area contributed by atoms with Crippen molar-refractivity contribution in [2.45, 2.75) is 59.3 Å². The Morgan fingerprint density at radius 1 is 1.05 bits per heavy atom. The van der Waals surface area contributed by atoms with Gasteiger partial charge in [-0.3, -0.25) is 4.21 Å². The molecule has 0 aromatic heterocycles. The minimum atomic E-state index is -1.94. The van der Waals surface area contributed by atoms with Crippen LogP contribution in [0, 0.1) is 5.41 Å². The van der Waals surface area contributed by atoms with Gasteiger partial charge in [0.25, 0.3) is 0 Å². The molecule has 0 radical (unpaired) electrons. The lowest BCUT2D eigenvalue weighted by Crippen LogP contribution is -2.24. The molecule has 0 aliphatic carbocycles. The van der Waals surface area contributed by atoms with Crippen LogP contribution in [-0.2, 0) is 16.5 Å². The van der Waals surface area contributed by atoms with Gasteiger partial charge in [0.05, 0.1) is 6.61 Å². The van der Waals surface area contributed by atoms with E-state index in [1.165, 1.54) is 5.56 Å². The number of unbranched alkanes of at least 4 members (excludes halogenated alkanes) is 1. The molecule has 1 unspecified atom stereocenters. The number of hydrogen-bond acceptors (Lipinski definition) is 3. The van der Waals surface area contributed by atoms with Crippen molar-refractivity contribution in [1.82, 2.24) is 0 Å². The SMILES string of the molecule is CC(C)(C)CC(C)(C)c1ccc(OCCCCS(=O)[O-])cc1. The summed E-state index contributed by atoms with van der Waals surface area (Å²) in [5.74, 6) is 1.06. The second-order valence-electron chi connectivity index (χ2n) is 7.71. The second kappa shape index (κ2) is 8.11. The van der Waals surface area contributed by atoms with Crippen molar-refractivity contribution in [3.63, 3.8) is 0 Å². The van der Waals surface area contributed by atoms with Crippen molar-refractivity contribution in [3.05, 3.63) is 29.8 Å². The van der Waals surface area contributed by atoms with Gasteiger partial charge in [0.15, 0.2) is 0 Å². The maximum Gasteiger partial charge on any atom is 0.119 e. The zero-order valence-electron chi connectivity index (χ0n) is 14.5. The van der Waals surface area contributed by atoms with Crippen LogP contribution in [0.5, 0.6) is 5.75 Å². The van der Waals surface area contributed by atoms with Crippen LogP contribution in [0.15, 0.2) is 24.3 Å². The van der Waals surface area contributed by atoms with E-state index in [0.29, 0.717) is 18.4 Å². The summed E-state index contributed by atoms with van der Waals surface area (Å²) >= 11 is -1.94.